The zero-order valence-corrected chi connectivity index (χ0v) is 16.4. The molecule has 29 heavy (non-hydrogen) atoms. The maximum Gasteiger partial charge on any atom is 0.222 e. The van der Waals surface area contributed by atoms with Crippen molar-refractivity contribution in [3.05, 3.63) is 77.9 Å². The van der Waals surface area contributed by atoms with Crippen molar-refractivity contribution in [3.8, 4) is 11.1 Å². The summed E-state index contributed by atoms with van der Waals surface area (Å²) in [6.45, 7) is 3.65. The van der Waals surface area contributed by atoms with Crippen LogP contribution in [0.2, 0.25) is 0 Å². The standard InChI is InChI=1S/C24H22N4O/c1-15-4-3-5-20(12-15)26-23-21-14-19(10-11-22(21)27-24(25)28-23)18-8-6-17(7-9-18)13-16(2)29/h3-12,14H,13H2,1-2H3,(H3,25,26,27,28). The molecule has 4 rings (SSSR count). The summed E-state index contributed by atoms with van der Waals surface area (Å²) < 4.78 is 0. The molecular formula is C24H22N4O. The average Bonchev–Trinajstić information content (AvgIpc) is 2.68. The van der Waals surface area contributed by atoms with Gasteiger partial charge in [-0.05, 0) is 60.4 Å². The maximum absolute atomic E-state index is 11.3. The monoisotopic (exact) mass is 382 g/mol. The van der Waals surface area contributed by atoms with Crippen LogP contribution in [0.5, 0.6) is 0 Å². The third-order valence-electron chi connectivity index (χ3n) is 4.73. The number of aromatic nitrogens is 2. The van der Waals surface area contributed by atoms with E-state index >= 15 is 0 Å². The number of Topliss-reactive ketones (excluding diaryl/α,β-unsaturated/α-hetero) is 1. The number of hydrogen-bond donors (Lipinski definition) is 2. The Morgan fingerprint density at radius 1 is 0.966 bits per heavy atom. The number of anilines is 3. The first-order chi connectivity index (χ1) is 14.0. The van der Waals surface area contributed by atoms with Gasteiger partial charge in [-0.15, -0.1) is 0 Å². The van der Waals surface area contributed by atoms with Gasteiger partial charge in [0.05, 0.1) is 5.52 Å². The van der Waals surface area contributed by atoms with E-state index in [-0.39, 0.29) is 11.7 Å². The number of nitrogens with one attached hydrogen (secondary N) is 1. The van der Waals surface area contributed by atoms with Gasteiger partial charge in [-0.3, -0.25) is 4.79 Å². The van der Waals surface area contributed by atoms with Crippen molar-refractivity contribution in [2.75, 3.05) is 11.1 Å². The molecule has 144 valence electrons. The highest BCUT2D eigenvalue weighted by molar-refractivity contribution is 5.94. The number of aryl methyl sites for hydroxylation is 1. The molecule has 5 heteroatoms. The lowest BCUT2D eigenvalue weighted by atomic mass is 10.0. The number of nitrogen functional groups attached to an aromatic ring is 1. The largest absolute Gasteiger partial charge is 0.368 e. The Morgan fingerprint density at radius 3 is 2.45 bits per heavy atom. The molecule has 0 unspecified atom stereocenters. The Kier molecular flexibility index (Phi) is 4.96. The third-order valence-corrected chi connectivity index (χ3v) is 4.73. The molecule has 0 radical (unpaired) electrons. The molecule has 0 aliphatic carbocycles. The van der Waals surface area contributed by atoms with Gasteiger partial charge in [-0.2, -0.15) is 4.98 Å². The van der Waals surface area contributed by atoms with Crippen LogP contribution in [-0.2, 0) is 11.2 Å². The normalized spacial score (nSPS) is 10.8. The molecule has 0 aliphatic rings. The SMILES string of the molecule is CC(=O)Cc1ccc(-c2ccc3nc(N)nc(Nc4cccc(C)c4)c3c2)cc1. The summed E-state index contributed by atoms with van der Waals surface area (Å²) in [6, 6.07) is 22.2. The molecule has 0 amide bonds. The molecule has 3 N–H and O–H groups in total. The van der Waals surface area contributed by atoms with Crippen molar-refractivity contribution in [1.29, 1.82) is 0 Å². The summed E-state index contributed by atoms with van der Waals surface area (Å²) in [7, 11) is 0. The summed E-state index contributed by atoms with van der Waals surface area (Å²) in [5, 5.41) is 4.26. The Balaban J connectivity index is 1.74. The van der Waals surface area contributed by atoms with Gasteiger partial charge in [0.25, 0.3) is 0 Å². The van der Waals surface area contributed by atoms with E-state index in [2.05, 4.69) is 27.4 Å². The Labute approximate surface area is 169 Å². The van der Waals surface area contributed by atoms with Gasteiger partial charge in [0, 0.05) is 17.5 Å². The molecule has 1 aromatic heterocycles. The van der Waals surface area contributed by atoms with Gasteiger partial charge in [0.1, 0.15) is 11.6 Å². The number of carbonyl (C=O) groups is 1. The van der Waals surface area contributed by atoms with Crippen LogP contribution in [0.25, 0.3) is 22.0 Å². The number of nitrogens with zero attached hydrogens (tertiary/aromatic N) is 2. The lowest BCUT2D eigenvalue weighted by molar-refractivity contribution is -0.116. The number of ketones is 1. The van der Waals surface area contributed by atoms with E-state index in [9.17, 15) is 4.79 Å². The van der Waals surface area contributed by atoms with Gasteiger partial charge in [0.15, 0.2) is 0 Å². The van der Waals surface area contributed by atoms with E-state index in [0.29, 0.717) is 12.2 Å². The fraction of sp³-hybridized carbons (Fsp3) is 0.125. The lowest BCUT2D eigenvalue weighted by Crippen LogP contribution is -2.01. The number of nitrogens with two attached hydrogens (primary N) is 1. The second-order valence-corrected chi connectivity index (χ2v) is 7.23. The molecule has 5 nitrogen and oxygen atoms in total. The van der Waals surface area contributed by atoms with Crippen molar-refractivity contribution in [3.63, 3.8) is 0 Å². The van der Waals surface area contributed by atoms with Crippen molar-refractivity contribution < 1.29 is 4.79 Å². The summed E-state index contributed by atoms with van der Waals surface area (Å²) in [4.78, 5) is 20.1. The minimum absolute atomic E-state index is 0.157. The number of rotatable bonds is 5. The highest BCUT2D eigenvalue weighted by atomic mass is 16.1. The Hall–Kier alpha value is -3.73. The van der Waals surface area contributed by atoms with E-state index in [1.807, 2.05) is 61.5 Å². The second kappa shape index (κ2) is 7.72. The zero-order chi connectivity index (χ0) is 20.4. The molecule has 4 aromatic rings. The average molecular weight is 382 g/mol. The second-order valence-electron chi connectivity index (χ2n) is 7.23. The predicted octanol–water partition coefficient (Wildman–Crippen LogP) is 5.06. The first-order valence-electron chi connectivity index (χ1n) is 9.48. The van der Waals surface area contributed by atoms with Gasteiger partial charge in [0.2, 0.25) is 5.95 Å². The van der Waals surface area contributed by atoms with E-state index in [0.717, 1.165) is 38.8 Å². The number of fused-ring (bicyclic) bond motifs is 1. The smallest absolute Gasteiger partial charge is 0.222 e. The van der Waals surface area contributed by atoms with Gasteiger partial charge >= 0.3 is 0 Å². The molecular weight excluding hydrogens is 360 g/mol. The van der Waals surface area contributed by atoms with Crippen LogP contribution in [0.1, 0.15) is 18.1 Å². The molecule has 0 spiro atoms. The van der Waals surface area contributed by atoms with Crippen molar-refractivity contribution in [2.45, 2.75) is 20.3 Å². The quantitative estimate of drug-likeness (QED) is 0.504. The number of carbonyl (C=O) groups excluding carboxylic acids is 1. The number of benzene rings is 3. The highest BCUT2D eigenvalue weighted by Gasteiger charge is 2.09. The third kappa shape index (κ3) is 4.24. The zero-order valence-electron chi connectivity index (χ0n) is 16.4. The van der Waals surface area contributed by atoms with Crippen LogP contribution >= 0.6 is 0 Å². The minimum atomic E-state index is 0.157. The molecule has 0 bridgehead atoms. The molecule has 0 aliphatic heterocycles. The summed E-state index contributed by atoms with van der Waals surface area (Å²) in [6.07, 6.45) is 0.454. The van der Waals surface area contributed by atoms with Crippen molar-refractivity contribution in [2.24, 2.45) is 0 Å². The Morgan fingerprint density at radius 2 is 1.72 bits per heavy atom. The molecule has 1 heterocycles. The van der Waals surface area contributed by atoms with Crippen LogP contribution in [0.15, 0.2) is 66.7 Å². The van der Waals surface area contributed by atoms with E-state index < -0.39 is 0 Å². The first kappa shape index (κ1) is 18.6. The summed E-state index contributed by atoms with van der Waals surface area (Å²) in [5.74, 6) is 1.06. The minimum Gasteiger partial charge on any atom is -0.368 e. The highest BCUT2D eigenvalue weighted by Crippen LogP contribution is 2.30. The van der Waals surface area contributed by atoms with Crippen LogP contribution in [0.3, 0.4) is 0 Å². The van der Waals surface area contributed by atoms with Gasteiger partial charge < -0.3 is 11.1 Å². The summed E-state index contributed by atoms with van der Waals surface area (Å²) >= 11 is 0. The molecule has 3 aromatic carbocycles. The Bertz CT molecular complexity index is 1200. The topological polar surface area (TPSA) is 80.9 Å². The summed E-state index contributed by atoms with van der Waals surface area (Å²) in [5.41, 5.74) is 11.9. The number of hydrogen-bond acceptors (Lipinski definition) is 5. The van der Waals surface area contributed by atoms with Crippen LogP contribution in [0.4, 0.5) is 17.5 Å². The van der Waals surface area contributed by atoms with Crippen LogP contribution < -0.4 is 11.1 Å². The molecule has 0 atom stereocenters. The van der Waals surface area contributed by atoms with Crippen LogP contribution in [-0.4, -0.2) is 15.8 Å². The lowest BCUT2D eigenvalue weighted by Gasteiger charge is -2.12. The van der Waals surface area contributed by atoms with Gasteiger partial charge in [-0.25, -0.2) is 4.98 Å². The molecule has 0 saturated heterocycles. The van der Waals surface area contributed by atoms with E-state index in [4.69, 9.17) is 5.73 Å². The van der Waals surface area contributed by atoms with E-state index in [1.165, 1.54) is 0 Å². The molecule has 0 saturated carbocycles. The maximum atomic E-state index is 11.3. The first-order valence-corrected chi connectivity index (χ1v) is 9.48. The van der Waals surface area contributed by atoms with E-state index in [1.54, 1.807) is 6.92 Å². The van der Waals surface area contributed by atoms with Crippen molar-refractivity contribution >= 4 is 34.1 Å². The fourth-order valence-corrected chi connectivity index (χ4v) is 3.38. The molecule has 0 fully saturated rings. The van der Waals surface area contributed by atoms with Crippen molar-refractivity contribution in [1.82, 2.24) is 9.97 Å². The van der Waals surface area contributed by atoms with Crippen LogP contribution in [0, 0.1) is 6.92 Å². The van der Waals surface area contributed by atoms with Gasteiger partial charge in [-0.1, -0.05) is 42.5 Å². The predicted molar refractivity (Wildman–Crippen MR) is 118 cm³/mol. The fourth-order valence-electron chi connectivity index (χ4n) is 3.38.